The van der Waals surface area contributed by atoms with Crippen molar-refractivity contribution in [3.8, 4) is 11.1 Å². The first-order valence-electron chi connectivity index (χ1n) is 9.53. The lowest BCUT2D eigenvalue weighted by Gasteiger charge is -2.11. The molecule has 0 saturated heterocycles. The number of amides is 1. The fraction of sp³-hybridized carbons (Fsp3) is 0.333. The van der Waals surface area contributed by atoms with Crippen molar-refractivity contribution in [3.63, 3.8) is 0 Å². The van der Waals surface area contributed by atoms with Crippen molar-refractivity contribution in [3.05, 3.63) is 58.5 Å². The maximum Gasteiger partial charge on any atom is 0.418 e. The Morgan fingerprint density at radius 1 is 1.23 bits per heavy atom. The Kier molecular flexibility index (Phi) is 6.33. The van der Waals surface area contributed by atoms with Crippen LogP contribution in [0.4, 0.5) is 4.79 Å². The van der Waals surface area contributed by atoms with E-state index in [2.05, 4.69) is 18.8 Å². The molecule has 0 fully saturated rings. The molecule has 2 heterocycles. The summed E-state index contributed by atoms with van der Waals surface area (Å²) < 4.78 is 29.1. The highest BCUT2D eigenvalue weighted by atomic mass is 32.2. The van der Waals surface area contributed by atoms with Gasteiger partial charge in [0.2, 0.25) is 0 Å². The Hall–Kier alpha value is -2.65. The number of sulfonamides is 1. The van der Waals surface area contributed by atoms with Gasteiger partial charge in [-0.1, -0.05) is 32.0 Å². The first-order valence-corrected chi connectivity index (χ1v) is 11.8. The zero-order chi connectivity index (χ0) is 22.1. The molecule has 9 heteroatoms. The van der Waals surface area contributed by atoms with Crippen molar-refractivity contribution in [2.24, 2.45) is 5.92 Å². The summed E-state index contributed by atoms with van der Waals surface area (Å²) in [4.78, 5) is 16.2. The fourth-order valence-corrected chi connectivity index (χ4v) is 6.15. The van der Waals surface area contributed by atoms with Crippen LogP contribution in [0, 0.1) is 19.8 Å². The van der Waals surface area contributed by atoms with Crippen LogP contribution < -0.4 is 4.72 Å². The maximum absolute atomic E-state index is 12.7. The SMILES string of the molecule is Cc1cc(Cn2ccnc2C)ccc1-c1cc(CC(C)C)sc1S(=O)(=O)NC(=O)O. The summed E-state index contributed by atoms with van der Waals surface area (Å²) in [6, 6.07) is 7.75. The maximum atomic E-state index is 12.7. The van der Waals surface area contributed by atoms with E-state index in [4.69, 9.17) is 5.11 Å². The number of hydrogen-bond donors (Lipinski definition) is 2. The standard InChI is InChI=1S/C21H25N3O4S2/c1-13(2)9-17-11-19(20(29-17)30(27,28)23-21(25)26)18-6-5-16(10-14(18)3)12-24-8-7-22-15(24)4/h5-8,10-11,13,23H,9,12H2,1-4H3,(H,25,26). The normalized spacial score (nSPS) is 11.8. The lowest BCUT2D eigenvalue weighted by atomic mass is 9.99. The highest BCUT2D eigenvalue weighted by Gasteiger charge is 2.26. The number of nitrogens with zero attached hydrogens (tertiary/aromatic N) is 2. The van der Waals surface area contributed by atoms with Crippen LogP contribution >= 0.6 is 11.3 Å². The van der Waals surface area contributed by atoms with Gasteiger partial charge in [0.25, 0.3) is 10.0 Å². The van der Waals surface area contributed by atoms with E-state index in [1.807, 2.05) is 48.9 Å². The summed E-state index contributed by atoms with van der Waals surface area (Å²) in [5.74, 6) is 1.27. The Morgan fingerprint density at radius 2 is 1.97 bits per heavy atom. The van der Waals surface area contributed by atoms with Crippen molar-refractivity contribution in [1.82, 2.24) is 14.3 Å². The van der Waals surface area contributed by atoms with E-state index in [0.29, 0.717) is 18.0 Å². The van der Waals surface area contributed by atoms with Gasteiger partial charge in [0.1, 0.15) is 10.0 Å². The molecule has 0 aliphatic carbocycles. The molecule has 0 bridgehead atoms. The average molecular weight is 448 g/mol. The predicted octanol–water partition coefficient (Wildman–Crippen LogP) is 4.43. The van der Waals surface area contributed by atoms with Crippen LogP contribution in [0.15, 0.2) is 40.9 Å². The minimum atomic E-state index is -4.17. The van der Waals surface area contributed by atoms with Gasteiger partial charge in [0, 0.05) is 29.4 Å². The molecule has 7 nitrogen and oxygen atoms in total. The van der Waals surface area contributed by atoms with Crippen molar-refractivity contribution in [2.45, 2.75) is 44.9 Å². The van der Waals surface area contributed by atoms with Crippen LogP contribution in [-0.4, -0.2) is 29.2 Å². The largest absolute Gasteiger partial charge is 0.464 e. The summed E-state index contributed by atoms with van der Waals surface area (Å²) in [5, 5.41) is 8.97. The second kappa shape index (κ2) is 8.61. The van der Waals surface area contributed by atoms with E-state index in [-0.39, 0.29) is 4.21 Å². The first kappa shape index (κ1) is 22.0. The number of carbonyl (C=O) groups is 1. The highest BCUT2D eigenvalue weighted by molar-refractivity contribution is 7.92. The minimum absolute atomic E-state index is 0.0295. The smallest absolute Gasteiger partial charge is 0.418 e. The monoisotopic (exact) mass is 447 g/mol. The Morgan fingerprint density at radius 3 is 2.53 bits per heavy atom. The van der Waals surface area contributed by atoms with Crippen molar-refractivity contribution in [2.75, 3.05) is 0 Å². The summed E-state index contributed by atoms with van der Waals surface area (Å²) in [6.07, 6.45) is 2.79. The number of hydrogen-bond acceptors (Lipinski definition) is 5. The minimum Gasteiger partial charge on any atom is -0.464 e. The topological polar surface area (TPSA) is 101 Å². The predicted molar refractivity (Wildman–Crippen MR) is 117 cm³/mol. The second-order valence-corrected chi connectivity index (χ2v) is 10.7. The molecule has 0 aliphatic heterocycles. The summed E-state index contributed by atoms with van der Waals surface area (Å²) >= 11 is 1.12. The third kappa shape index (κ3) is 4.91. The number of imidazole rings is 1. The Balaban J connectivity index is 2.04. The van der Waals surface area contributed by atoms with E-state index in [0.717, 1.165) is 45.1 Å². The van der Waals surface area contributed by atoms with E-state index < -0.39 is 16.1 Å². The molecule has 0 spiro atoms. The first-order chi connectivity index (χ1) is 14.1. The third-order valence-electron chi connectivity index (χ3n) is 4.68. The van der Waals surface area contributed by atoms with Gasteiger partial charge in [-0.2, -0.15) is 0 Å². The molecule has 0 saturated carbocycles. The van der Waals surface area contributed by atoms with Gasteiger partial charge in [-0.05, 0) is 48.9 Å². The quantitative estimate of drug-likeness (QED) is 0.558. The van der Waals surface area contributed by atoms with Crippen LogP contribution in [-0.2, 0) is 23.0 Å². The molecule has 2 aromatic heterocycles. The Bertz CT molecular complexity index is 1180. The second-order valence-electron chi connectivity index (χ2n) is 7.67. The van der Waals surface area contributed by atoms with Gasteiger partial charge in [-0.3, -0.25) is 0 Å². The zero-order valence-corrected chi connectivity index (χ0v) is 19.0. The molecule has 0 radical (unpaired) electrons. The van der Waals surface area contributed by atoms with E-state index >= 15 is 0 Å². The molecule has 1 aromatic carbocycles. The Labute approximate surface area is 180 Å². The molecule has 0 atom stereocenters. The van der Waals surface area contributed by atoms with Crippen LogP contribution in [0.25, 0.3) is 11.1 Å². The van der Waals surface area contributed by atoms with Gasteiger partial charge in [0.05, 0.1) is 0 Å². The highest BCUT2D eigenvalue weighted by Crippen LogP contribution is 2.38. The molecule has 3 aromatic rings. The van der Waals surface area contributed by atoms with Gasteiger partial charge in [-0.15, -0.1) is 11.3 Å². The fourth-order valence-electron chi connectivity index (χ4n) is 3.37. The number of rotatable bonds is 7. The van der Waals surface area contributed by atoms with Gasteiger partial charge >= 0.3 is 6.09 Å². The van der Waals surface area contributed by atoms with E-state index in [1.165, 1.54) is 0 Å². The molecule has 160 valence electrons. The van der Waals surface area contributed by atoms with Crippen molar-refractivity contribution in [1.29, 1.82) is 0 Å². The van der Waals surface area contributed by atoms with Crippen molar-refractivity contribution >= 4 is 27.5 Å². The zero-order valence-electron chi connectivity index (χ0n) is 17.3. The number of aryl methyl sites for hydroxylation is 2. The molecular weight excluding hydrogens is 422 g/mol. The number of carboxylic acid groups (broad SMARTS) is 1. The van der Waals surface area contributed by atoms with Crippen molar-refractivity contribution < 1.29 is 18.3 Å². The van der Waals surface area contributed by atoms with Crippen LogP contribution in [0.3, 0.4) is 0 Å². The average Bonchev–Trinajstić information content (AvgIpc) is 3.20. The number of benzene rings is 1. The third-order valence-corrected chi connectivity index (χ3v) is 7.69. The van der Waals surface area contributed by atoms with Crippen LogP contribution in [0.1, 0.15) is 35.7 Å². The molecule has 0 aliphatic rings. The van der Waals surface area contributed by atoms with Gasteiger partial charge in [-0.25, -0.2) is 22.9 Å². The van der Waals surface area contributed by atoms with Crippen LogP contribution in [0.2, 0.25) is 0 Å². The number of aromatic nitrogens is 2. The van der Waals surface area contributed by atoms with Crippen LogP contribution in [0.5, 0.6) is 0 Å². The van der Waals surface area contributed by atoms with Gasteiger partial charge in [0.15, 0.2) is 0 Å². The van der Waals surface area contributed by atoms with E-state index in [1.54, 1.807) is 10.9 Å². The molecule has 30 heavy (non-hydrogen) atoms. The molecule has 1 amide bonds. The lowest BCUT2D eigenvalue weighted by Crippen LogP contribution is -2.28. The molecule has 0 unspecified atom stereocenters. The number of nitrogens with one attached hydrogen (secondary N) is 1. The molecule has 3 rings (SSSR count). The summed E-state index contributed by atoms with van der Waals surface area (Å²) in [5.41, 5.74) is 3.30. The lowest BCUT2D eigenvalue weighted by molar-refractivity contribution is 0.201. The molecule has 2 N–H and O–H groups in total. The van der Waals surface area contributed by atoms with Gasteiger partial charge < -0.3 is 9.67 Å². The molecular formula is C21H25N3O4S2. The number of thiophene rings is 1. The summed E-state index contributed by atoms with van der Waals surface area (Å²) in [6.45, 7) is 8.65. The summed E-state index contributed by atoms with van der Waals surface area (Å²) in [7, 11) is -4.17. The van der Waals surface area contributed by atoms with E-state index in [9.17, 15) is 13.2 Å².